The van der Waals surface area contributed by atoms with Crippen molar-refractivity contribution in [3.63, 3.8) is 0 Å². The number of thiophene rings is 1. The van der Waals surface area contributed by atoms with Gasteiger partial charge in [-0.25, -0.2) is 0 Å². The summed E-state index contributed by atoms with van der Waals surface area (Å²) in [4.78, 5) is 12.6. The van der Waals surface area contributed by atoms with E-state index in [0.29, 0.717) is 6.04 Å². The lowest BCUT2D eigenvalue weighted by atomic mass is 10.00. The molecule has 16 heavy (non-hydrogen) atoms. The molecule has 0 radical (unpaired) electrons. The number of nitrogens with one attached hydrogen (secondary N) is 2. The zero-order valence-electron chi connectivity index (χ0n) is 9.23. The molecule has 1 aliphatic rings. The molecule has 1 aromatic rings. The molecule has 0 aliphatic carbocycles. The normalized spacial score (nSPS) is 24.6. The fourth-order valence-corrected chi connectivity index (χ4v) is 2.52. The number of hydrogen-bond donors (Lipinski definition) is 2. The fourth-order valence-electron chi connectivity index (χ4n) is 1.89. The maximum absolute atomic E-state index is 11.8. The highest BCUT2D eigenvalue weighted by Crippen LogP contribution is 2.12. The van der Waals surface area contributed by atoms with Gasteiger partial charge in [0.1, 0.15) is 0 Å². The maximum atomic E-state index is 11.8. The van der Waals surface area contributed by atoms with Gasteiger partial charge in [0.15, 0.2) is 0 Å². The summed E-state index contributed by atoms with van der Waals surface area (Å²) in [6, 6.07) is 4.42. The van der Waals surface area contributed by atoms with E-state index in [1.807, 2.05) is 17.5 Å². The number of carbonyl (C=O) groups is 1. The number of carbonyl (C=O) groups excluding carboxylic acids is 1. The van der Waals surface area contributed by atoms with Crippen molar-refractivity contribution in [2.45, 2.75) is 31.8 Å². The largest absolute Gasteiger partial charge is 0.347 e. The summed E-state index contributed by atoms with van der Waals surface area (Å²) in [6.07, 6.45) is 2.21. The van der Waals surface area contributed by atoms with Crippen molar-refractivity contribution < 1.29 is 4.79 Å². The van der Waals surface area contributed by atoms with E-state index in [0.717, 1.165) is 24.3 Å². The van der Waals surface area contributed by atoms with Crippen LogP contribution in [0.5, 0.6) is 0 Å². The lowest BCUT2D eigenvalue weighted by Gasteiger charge is -2.30. The first-order valence-electron chi connectivity index (χ1n) is 5.35. The number of hydrogen-bond acceptors (Lipinski definition) is 3. The molecule has 0 aromatic carbocycles. The Kier molecular flexibility index (Phi) is 5.25. The van der Waals surface area contributed by atoms with Crippen LogP contribution in [-0.4, -0.2) is 24.5 Å². The van der Waals surface area contributed by atoms with E-state index < -0.39 is 0 Å². The van der Waals surface area contributed by atoms with Crippen LogP contribution in [0.15, 0.2) is 17.5 Å². The van der Waals surface area contributed by atoms with Crippen LogP contribution >= 0.6 is 23.7 Å². The first kappa shape index (κ1) is 13.5. The van der Waals surface area contributed by atoms with Crippen LogP contribution in [0.4, 0.5) is 0 Å². The average Bonchev–Trinajstić information content (AvgIpc) is 2.74. The number of amides is 1. The van der Waals surface area contributed by atoms with Crippen LogP contribution in [0.3, 0.4) is 0 Å². The highest BCUT2D eigenvalue weighted by Gasteiger charge is 2.22. The number of halogens is 1. The second-order valence-electron chi connectivity index (χ2n) is 3.94. The quantitative estimate of drug-likeness (QED) is 0.855. The van der Waals surface area contributed by atoms with Gasteiger partial charge < -0.3 is 10.6 Å². The standard InChI is InChI=1S/C11H16N2OS.ClH/c1-8-9(4-2-6-12-8)13-11(14)10-5-3-7-15-10;/h3,5,7-9,12H,2,4,6H2,1H3,(H,13,14);1H. The Hall–Kier alpha value is -0.580. The van der Waals surface area contributed by atoms with E-state index in [4.69, 9.17) is 0 Å². The summed E-state index contributed by atoms with van der Waals surface area (Å²) in [6.45, 7) is 3.19. The molecule has 5 heteroatoms. The topological polar surface area (TPSA) is 41.1 Å². The van der Waals surface area contributed by atoms with Gasteiger partial charge in [-0.1, -0.05) is 6.07 Å². The molecule has 1 fully saturated rings. The molecular weight excluding hydrogens is 244 g/mol. The van der Waals surface area contributed by atoms with E-state index in [1.54, 1.807) is 0 Å². The van der Waals surface area contributed by atoms with Crippen LogP contribution in [0.1, 0.15) is 29.4 Å². The Morgan fingerprint density at radius 2 is 2.44 bits per heavy atom. The number of piperidine rings is 1. The van der Waals surface area contributed by atoms with Crippen molar-refractivity contribution in [1.82, 2.24) is 10.6 Å². The van der Waals surface area contributed by atoms with E-state index in [1.165, 1.54) is 11.3 Å². The molecule has 0 spiro atoms. The van der Waals surface area contributed by atoms with Gasteiger partial charge in [-0.2, -0.15) is 0 Å². The predicted molar refractivity (Wildman–Crippen MR) is 69.5 cm³/mol. The summed E-state index contributed by atoms with van der Waals surface area (Å²) >= 11 is 1.49. The molecule has 1 aliphatic heterocycles. The Bertz CT molecular complexity index is 329. The van der Waals surface area contributed by atoms with E-state index in [-0.39, 0.29) is 24.4 Å². The minimum absolute atomic E-state index is 0. The zero-order valence-corrected chi connectivity index (χ0v) is 10.9. The van der Waals surface area contributed by atoms with Crippen LogP contribution in [-0.2, 0) is 0 Å². The molecule has 2 N–H and O–H groups in total. The molecule has 1 amide bonds. The highest BCUT2D eigenvalue weighted by molar-refractivity contribution is 7.12. The molecule has 2 rings (SSSR count). The number of rotatable bonds is 2. The average molecular weight is 261 g/mol. The first-order valence-corrected chi connectivity index (χ1v) is 6.23. The van der Waals surface area contributed by atoms with E-state index in [9.17, 15) is 4.79 Å². The van der Waals surface area contributed by atoms with Crippen molar-refractivity contribution in [2.75, 3.05) is 6.54 Å². The lowest BCUT2D eigenvalue weighted by Crippen LogP contribution is -2.51. The van der Waals surface area contributed by atoms with Crippen LogP contribution in [0.2, 0.25) is 0 Å². The van der Waals surface area contributed by atoms with Crippen molar-refractivity contribution in [3.8, 4) is 0 Å². The second kappa shape index (κ2) is 6.23. The second-order valence-corrected chi connectivity index (χ2v) is 4.89. The van der Waals surface area contributed by atoms with Crippen molar-refractivity contribution >= 4 is 29.7 Å². The third-order valence-electron chi connectivity index (χ3n) is 2.82. The van der Waals surface area contributed by atoms with Gasteiger partial charge in [0.05, 0.1) is 4.88 Å². The minimum Gasteiger partial charge on any atom is -0.347 e. The van der Waals surface area contributed by atoms with E-state index >= 15 is 0 Å². The van der Waals surface area contributed by atoms with Crippen molar-refractivity contribution in [1.29, 1.82) is 0 Å². The van der Waals surface area contributed by atoms with Gasteiger partial charge in [0.2, 0.25) is 0 Å². The van der Waals surface area contributed by atoms with Crippen molar-refractivity contribution in [3.05, 3.63) is 22.4 Å². The molecule has 0 bridgehead atoms. The van der Waals surface area contributed by atoms with Crippen LogP contribution in [0, 0.1) is 0 Å². The molecular formula is C11H17ClN2OS. The van der Waals surface area contributed by atoms with E-state index in [2.05, 4.69) is 17.6 Å². The third-order valence-corrected chi connectivity index (χ3v) is 3.69. The maximum Gasteiger partial charge on any atom is 0.261 e. The van der Waals surface area contributed by atoms with Crippen LogP contribution < -0.4 is 10.6 Å². The molecule has 2 heterocycles. The monoisotopic (exact) mass is 260 g/mol. The molecule has 2 unspecified atom stereocenters. The van der Waals surface area contributed by atoms with Gasteiger partial charge in [-0.05, 0) is 37.8 Å². The lowest BCUT2D eigenvalue weighted by molar-refractivity contribution is 0.0924. The van der Waals surface area contributed by atoms with Crippen molar-refractivity contribution in [2.24, 2.45) is 0 Å². The summed E-state index contributed by atoms with van der Waals surface area (Å²) in [5, 5.41) is 8.38. The molecule has 1 saturated heterocycles. The molecule has 0 saturated carbocycles. The SMILES string of the molecule is CC1NCCCC1NC(=O)c1cccs1.Cl. The predicted octanol–water partition coefficient (Wildman–Crippen LogP) is 2.04. The summed E-state index contributed by atoms with van der Waals surface area (Å²) in [7, 11) is 0. The summed E-state index contributed by atoms with van der Waals surface area (Å²) in [5.41, 5.74) is 0. The van der Waals surface area contributed by atoms with Gasteiger partial charge >= 0.3 is 0 Å². The Morgan fingerprint density at radius 3 is 3.06 bits per heavy atom. The minimum atomic E-state index is 0. The Labute approximate surface area is 106 Å². The molecule has 90 valence electrons. The smallest absolute Gasteiger partial charge is 0.261 e. The summed E-state index contributed by atoms with van der Waals surface area (Å²) in [5.74, 6) is 0.0607. The Morgan fingerprint density at radius 1 is 1.62 bits per heavy atom. The molecule has 2 atom stereocenters. The van der Waals surface area contributed by atoms with Gasteiger partial charge in [0.25, 0.3) is 5.91 Å². The van der Waals surface area contributed by atoms with Gasteiger partial charge in [-0.15, -0.1) is 23.7 Å². The Balaban J connectivity index is 0.00000128. The summed E-state index contributed by atoms with van der Waals surface area (Å²) < 4.78 is 0. The van der Waals surface area contributed by atoms with Crippen LogP contribution in [0.25, 0.3) is 0 Å². The first-order chi connectivity index (χ1) is 7.27. The molecule has 1 aromatic heterocycles. The third kappa shape index (κ3) is 3.20. The van der Waals surface area contributed by atoms with Gasteiger partial charge in [0, 0.05) is 12.1 Å². The molecule has 3 nitrogen and oxygen atoms in total. The fraction of sp³-hybridized carbons (Fsp3) is 0.545. The zero-order chi connectivity index (χ0) is 10.7. The van der Waals surface area contributed by atoms with Gasteiger partial charge in [-0.3, -0.25) is 4.79 Å². The highest BCUT2D eigenvalue weighted by atomic mass is 35.5.